The Hall–Kier alpha value is -0.650. The monoisotopic (exact) mass is 328 g/mol. The summed E-state index contributed by atoms with van der Waals surface area (Å²) < 4.78 is 26.9. The number of hydrogen-bond acceptors (Lipinski definition) is 3. The predicted octanol–water partition coefficient (Wildman–Crippen LogP) is 3.47. The molecule has 1 aliphatic heterocycles. The molecule has 1 aromatic rings. The first kappa shape index (κ1) is 15.3. The fourth-order valence-electron chi connectivity index (χ4n) is 3.71. The molecule has 1 saturated heterocycles. The van der Waals surface area contributed by atoms with Gasteiger partial charge in [-0.3, -0.25) is 0 Å². The number of hydrogen-bond donors (Lipinski definition) is 0. The topological polar surface area (TPSA) is 50.3 Å². The van der Waals surface area contributed by atoms with E-state index in [0.29, 0.717) is 18.5 Å². The Labute approximate surface area is 131 Å². The van der Waals surface area contributed by atoms with Crippen LogP contribution in [0.1, 0.15) is 44.9 Å². The molecule has 2 heterocycles. The van der Waals surface area contributed by atoms with Gasteiger partial charge >= 0.3 is 0 Å². The number of rotatable bonds is 2. The minimum Gasteiger partial charge on any atom is -0.243 e. The summed E-state index contributed by atoms with van der Waals surface area (Å²) >= 11 is 5.95. The third-order valence-corrected chi connectivity index (χ3v) is 7.38. The maximum Gasteiger partial charge on any atom is 0.246 e. The van der Waals surface area contributed by atoms with E-state index in [1.807, 2.05) is 0 Å². The van der Waals surface area contributed by atoms with Crippen LogP contribution >= 0.6 is 11.6 Å². The van der Waals surface area contributed by atoms with Gasteiger partial charge in [0.25, 0.3) is 0 Å². The average Bonchev–Trinajstić information content (AvgIpc) is 2.49. The first-order valence-corrected chi connectivity index (χ1v) is 9.46. The van der Waals surface area contributed by atoms with Gasteiger partial charge in [0.2, 0.25) is 10.0 Å². The van der Waals surface area contributed by atoms with E-state index in [-0.39, 0.29) is 10.0 Å². The van der Waals surface area contributed by atoms with Crippen LogP contribution in [0.5, 0.6) is 0 Å². The van der Waals surface area contributed by atoms with Crippen molar-refractivity contribution in [3.05, 3.63) is 23.5 Å². The summed E-state index contributed by atoms with van der Waals surface area (Å²) in [5.74, 6) is 0. The molecule has 0 amide bonds. The molecule has 0 unspecified atom stereocenters. The maximum absolute atomic E-state index is 12.7. The molecule has 0 aromatic carbocycles. The molecule has 1 spiro atoms. The summed E-state index contributed by atoms with van der Waals surface area (Å²) in [6.07, 6.45) is 9.89. The van der Waals surface area contributed by atoms with Gasteiger partial charge in [0, 0.05) is 19.3 Å². The third-order valence-electron chi connectivity index (χ3n) is 5.04. The van der Waals surface area contributed by atoms with Gasteiger partial charge in [-0.2, -0.15) is 4.31 Å². The van der Waals surface area contributed by atoms with Crippen LogP contribution in [0.2, 0.25) is 5.15 Å². The van der Waals surface area contributed by atoms with Crippen LogP contribution in [-0.2, 0) is 10.0 Å². The standard InChI is InChI=1S/C15H21ClN2O2S/c16-14-13(5-4-10-17-14)21(19,20)18-11-8-15(9-12-18)6-2-1-3-7-15/h4-5,10H,1-3,6-9,11-12H2. The molecular weight excluding hydrogens is 308 g/mol. The number of halogens is 1. The van der Waals surface area contributed by atoms with Crippen molar-refractivity contribution >= 4 is 21.6 Å². The molecule has 21 heavy (non-hydrogen) atoms. The number of piperidine rings is 1. The highest BCUT2D eigenvalue weighted by atomic mass is 35.5. The minimum absolute atomic E-state index is 0.0652. The Morgan fingerprint density at radius 2 is 1.76 bits per heavy atom. The summed E-state index contributed by atoms with van der Waals surface area (Å²) in [5, 5.41) is 0.0652. The van der Waals surface area contributed by atoms with E-state index in [4.69, 9.17) is 11.6 Å². The molecule has 1 aromatic heterocycles. The Kier molecular flexibility index (Phi) is 4.26. The Balaban J connectivity index is 1.76. The molecule has 116 valence electrons. The first-order chi connectivity index (χ1) is 10.0. The molecule has 1 aliphatic carbocycles. The lowest BCUT2D eigenvalue weighted by molar-refractivity contribution is 0.102. The lowest BCUT2D eigenvalue weighted by Gasteiger charge is -2.43. The molecule has 0 atom stereocenters. The largest absolute Gasteiger partial charge is 0.246 e. The average molecular weight is 329 g/mol. The second kappa shape index (κ2) is 5.86. The third kappa shape index (κ3) is 2.96. The van der Waals surface area contributed by atoms with Gasteiger partial charge in [0.1, 0.15) is 10.0 Å². The van der Waals surface area contributed by atoms with Crippen molar-refractivity contribution in [3.8, 4) is 0 Å². The van der Waals surface area contributed by atoms with E-state index >= 15 is 0 Å². The molecule has 1 saturated carbocycles. The molecule has 2 fully saturated rings. The van der Waals surface area contributed by atoms with E-state index < -0.39 is 10.0 Å². The molecule has 3 rings (SSSR count). The number of pyridine rings is 1. The van der Waals surface area contributed by atoms with Crippen molar-refractivity contribution in [2.45, 2.75) is 49.8 Å². The Morgan fingerprint density at radius 1 is 1.10 bits per heavy atom. The quantitative estimate of drug-likeness (QED) is 0.781. The summed E-state index contributed by atoms with van der Waals surface area (Å²) in [5.41, 5.74) is 0.392. The molecular formula is C15H21ClN2O2S. The van der Waals surface area contributed by atoms with E-state index in [9.17, 15) is 8.42 Å². The lowest BCUT2D eigenvalue weighted by atomic mass is 9.68. The first-order valence-electron chi connectivity index (χ1n) is 7.64. The molecule has 6 heteroatoms. The zero-order valence-electron chi connectivity index (χ0n) is 12.1. The van der Waals surface area contributed by atoms with Crippen molar-refractivity contribution in [3.63, 3.8) is 0 Å². The van der Waals surface area contributed by atoms with Crippen molar-refractivity contribution < 1.29 is 8.42 Å². The van der Waals surface area contributed by atoms with Crippen molar-refractivity contribution in [1.82, 2.24) is 9.29 Å². The number of aromatic nitrogens is 1. The SMILES string of the molecule is O=S(=O)(c1cccnc1Cl)N1CCC2(CCCCC2)CC1. The Bertz CT molecular complexity index is 602. The smallest absolute Gasteiger partial charge is 0.243 e. The number of nitrogens with zero attached hydrogens (tertiary/aromatic N) is 2. The van der Waals surface area contributed by atoms with Crippen molar-refractivity contribution in [2.75, 3.05) is 13.1 Å². The second-order valence-electron chi connectivity index (χ2n) is 6.26. The van der Waals surface area contributed by atoms with E-state index in [1.165, 1.54) is 44.4 Å². The van der Waals surface area contributed by atoms with Crippen LogP contribution in [0.3, 0.4) is 0 Å². The van der Waals surface area contributed by atoms with Crippen molar-refractivity contribution in [1.29, 1.82) is 0 Å². The summed E-state index contributed by atoms with van der Waals surface area (Å²) in [7, 11) is -3.51. The predicted molar refractivity (Wildman–Crippen MR) is 82.8 cm³/mol. The fraction of sp³-hybridized carbons (Fsp3) is 0.667. The fourth-order valence-corrected chi connectivity index (χ4v) is 5.57. The van der Waals surface area contributed by atoms with Gasteiger partial charge < -0.3 is 0 Å². The summed E-state index contributed by atoms with van der Waals surface area (Å²) in [6.45, 7) is 1.21. The van der Waals surface area contributed by atoms with E-state index in [1.54, 1.807) is 10.4 Å². The second-order valence-corrected chi connectivity index (χ2v) is 8.52. The lowest BCUT2D eigenvalue weighted by Crippen LogP contribution is -2.43. The zero-order chi connectivity index (χ0) is 14.9. The normalized spacial score (nSPS) is 23.3. The highest BCUT2D eigenvalue weighted by molar-refractivity contribution is 7.89. The van der Waals surface area contributed by atoms with Gasteiger partial charge in [-0.15, -0.1) is 0 Å². The molecule has 2 aliphatic rings. The van der Waals surface area contributed by atoms with E-state index in [0.717, 1.165) is 12.8 Å². The molecule has 0 N–H and O–H groups in total. The van der Waals surface area contributed by atoms with Gasteiger partial charge in [-0.25, -0.2) is 13.4 Å². The van der Waals surface area contributed by atoms with Gasteiger partial charge in [-0.05, 0) is 43.2 Å². The maximum atomic E-state index is 12.7. The van der Waals surface area contributed by atoms with Gasteiger partial charge in [-0.1, -0.05) is 30.9 Å². The van der Waals surface area contributed by atoms with Crippen LogP contribution < -0.4 is 0 Å². The highest BCUT2D eigenvalue weighted by Gasteiger charge is 2.39. The van der Waals surface area contributed by atoms with Crippen LogP contribution in [0.25, 0.3) is 0 Å². The molecule has 0 radical (unpaired) electrons. The Morgan fingerprint density at radius 3 is 2.38 bits per heavy atom. The highest BCUT2D eigenvalue weighted by Crippen LogP contribution is 2.45. The number of sulfonamides is 1. The molecule has 4 nitrogen and oxygen atoms in total. The molecule has 0 bridgehead atoms. The van der Waals surface area contributed by atoms with Gasteiger partial charge in [0.05, 0.1) is 0 Å². The summed E-state index contributed by atoms with van der Waals surface area (Å²) in [4.78, 5) is 4.01. The zero-order valence-corrected chi connectivity index (χ0v) is 13.7. The van der Waals surface area contributed by atoms with E-state index in [2.05, 4.69) is 4.98 Å². The summed E-state index contributed by atoms with van der Waals surface area (Å²) in [6, 6.07) is 3.15. The van der Waals surface area contributed by atoms with Crippen LogP contribution in [0, 0.1) is 5.41 Å². The minimum atomic E-state index is -3.51. The van der Waals surface area contributed by atoms with Crippen LogP contribution in [0.15, 0.2) is 23.2 Å². The van der Waals surface area contributed by atoms with Gasteiger partial charge in [0.15, 0.2) is 0 Å². The van der Waals surface area contributed by atoms with Crippen LogP contribution in [0.4, 0.5) is 0 Å². The van der Waals surface area contributed by atoms with Crippen LogP contribution in [-0.4, -0.2) is 30.8 Å². The van der Waals surface area contributed by atoms with Crippen molar-refractivity contribution in [2.24, 2.45) is 5.41 Å².